The van der Waals surface area contributed by atoms with Crippen LogP contribution < -0.4 is 14.4 Å². The highest BCUT2D eigenvalue weighted by atomic mass is 19.1. The zero-order valence-electron chi connectivity index (χ0n) is 22.3. The maximum Gasteiger partial charge on any atom is 0.209 e. The summed E-state index contributed by atoms with van der Waals surface area (Å²) in [7, 11) is 3.11. The number of benzene rings is 2. The quantitative estimate of drug-likeness (QED) is 0.401. The minimum atomic E-state index is -0.213. The average molecular weight is 527 g/mol. The SMILES string of the molecule is C=C1N=C(c2cncc(C)c2)N(c2c(OC)cccc2OC)C(O)=C1C(=C)N1CCC(c2ccccc2F)C1. The molecule has 3 aromatic rings. The highest BCUT2D eigenvalue weighted by molar-refractivity contribution is 6.14. The molecule has 39 heavy (non-hydrogen) atoms. The van der Waals surface area contributed by atoms with Gasteiger partial charge >= 0.3 is 0 Å². The van der Waals surface area contributed by atoms with Crippen molar-refractivity contribution < 1.29 is 19.0 Å². The third-order valence-corrected chi connectivity index (χ3v) is 7.14. The summed E-state index contributed by atoms with van der Waals surface area (Å²) in [5.74, 6) is 1.05. The number of rotatable bonds is 7. The molecule has 1 unspecified atom stereocenters. The van der Waals surface area contributed by atoms with E-state index in [-0.39, 0.29) is 17.6 Å². The van der Waals surface area contributed by atoms with Gasteiger partial charge in [-0.3, -0.25) is 9.88 Å². The van der Waals surface area contributed by atoms with E-state index in [1.165, 1.54) is 6.07 Å². The van der Waals surface area contributed by atoms with E-state index in [1.54, 1.807) is 49.7 Å². The number of anilines is 1. The molecule has 1 atom stereocenters. The van der Waals surface area contributed by atoms with Crippen LogP contribution in [0, 0.1) is 12.7 Å². The number of para-hydroxylation sites is 1. The van der Waals surface area contributed by atoms with Crippen molar-refractivity contribution >= 4 is 11.5 Å². The standard InChI is InChI=1S/C31H31FN4O3/c1-19-15-23(17-33-16-19)30-34-20(2)28(31(37)36(30)29-26(38-4)11-8-12-27(29)39-5)21(3)35-14-13-22(18-35)24-9-6-7-10-25(24)32/h6-12,15-17,22,37H,2-3,13-14,18H2,1,4-5H3. The number of nitrogens with zero attached hydrogens (tertiary/aromatic N) is 4. The zero-order chi connectivity index (χ0) is 27.7. The number of amidine groups is 1. The van der Waals surface area contributed by atoms with Crippen molar-refractivity contribution in [1.82, 2.24) is 9.88 Å². The number of aliphatic imine (C=N–C) groups is 1. The van der Waals surface area contributed by atoms with Gasteiger partial charge in [0.05, 0.1) is 25.5 Å². The number of aliphatic hydroxyl groups is 1. The monoisotopic (exact) mass is 526 g/mol. The van der Waals surface area contributed by atoms with Gasteiger partial charge in [-0.1, -0.05) is 37.4 Å². The molecule has 0 saturated carbocycles. The van der Waals surface area contributed by atoms with Crippen LogP contribution >= 0.6 is 0 Å². The molecule has 2 aromatic carbocycles. The predicted molar refractivity (Wildman–Crippen MR) is 151 cm³/mol. The van der Waals surface area contributed by atoms with Crippen LogP contribution in [0.25, 0.3) is 0 Å². The first kappa shape index (κ1) is 26.0. The summed E-state index contributed by atoms with van der Waals surface area (Å²) in [4.78, 5) is 12.8. The Balaban J connectivity index is 1.59. The van der Waals surface area contributed by atoms with E-state index in [2.05, 4.69) is 18.1 Å². The molecule has 3 heterocycles. The van der Waals surface area contributed by atoms with E-state index < -0.39 is 0 Å². The molecule has 5 rings (SSSR count). The molecule has 0 aliphatic carbocycles. The van der Waals surface area contributed by atoms with Crippen molar-refractivity contribution in [3.8, 4) is 11.5 Å². The Bertz CT molecular complexity index is 1490. The molecule has 0 radical (unpaired) electrons. The third kappa shape index (κ3) is 4.74. The Hall–Kier alpha value is -4.59. The molecule has 8 heteroatoms. The van der Waals surface area contributed by atoms with Crippen molar-refractivity contribution in [2.24, 2.45) is 4.99 Å². The van der Waals surface area contributed by atoms with Gasteiger partial charge in [-0.15, -0.1) is 0 Å². The van der Waals surface area contributed by atoms with Crippen molar-refractivity contribution in [3.05, 3.63) is 119 Å². The lowest BCUT2D eigenvalue weighted by molar-refractivity contribution is 0.371. The van der Waals surface area contributed by atoms with Gasteiger partial charge in [-0.2, -0.15) is 0 Å². The molecule has 0 amide bonds. The number of halogens is 1. The predicted octanol–water partition coefficient (Wildman–Crippen LogP) is 6.10. The van der Waals surface area contributed by atoms with Crippen LogP contribution in [-0.4, -0.2) is 48.1 Å². The maximum absolute atomic E-state index is 14.5. The number of hydrogen-bond acceptors (Lipinski definition) is 7. The summed E-state index contributed by atoms with van der Waals surface area (Å²) >= 11 is 0. The number of aromatic nitrogens is 1. The molecule has 2 aliphatic heterocycles. The Morgan fingerprint density at radius 3 is 2.46 bits per heavy atom. The highest BCUT2D eigenvalue weighted by Crippen LogP contribution is 2.44. The van der Waals surface area contributed by atoms with Crippen LogP contribution in [0.3, 0.4) is 0 Å². The number of likely N-dealkylation sites (tertiary alicyclic amines) is 1. The van der Waals surface area contributed by atoms with Gasteiger partial charge in [0.2, 0.25) is 5.88 Å². The van der Waals surface area contributed by atoms with E-state index in [0.717, 1.165) is 12.0 Å². The second kappa shape index (κ2) is 10.6. The van der Waals surface area contributed by atoms with Crippen LogP contribution in [0.4, 0.5) is 10.1 Å². The fraction of sp³-hybridized carbons (Fsp3) is 0.226. The summed E-state index contributed by atoms with van der Waals surface area (Å²) in [5, 5.41) is 11.9. The van der Waals surface area contributed by atoms with Gasteiger partial charge in [-0.05, 0) is 48.7 Å². The van der Waals surface area contributed by atoms with Crippen molar-refractivity contribution in [1.29, 1.82) is 0 Å². The second-order valence-electron chi connectivity index (χ2n) is 9.58. The highest BCUT2D eigenvalue weighted by Gasteiger charge is 2.36. The number of hydrogen-bond donors (Lipinski definition) is 1. The Morgan fingerprint density at radius 1 is 1.08 bits per heavy atom. The largest absolute Gasteiger partial charge is 0.494 e. The molecule has 1 saturated heterocycles. The smallest absolute Gasteiger partial charge is 0.209 e. The van der Waals surface area contributed by atoms with E-state index in [4.69, 9.17) is 14.5 Å². The molecule has 200 valence electrons. The summed E-state index contributed by atoms with van der Waals surface area (Å²) < 4.78 is 25.9. The van der Waals surface area contributed by atoms with Crippen LogP contribution in [0.1, 0.15) is 29.0 Å². The molecular formula is C31H31FN4O3. The normalized spacial score (nSPS) is 17.4. The van der Waals surface area contributed by atoms with Gasteiger partial charge in [-0.25, -0.2) is 9.38 Å². The number of aryl methyl sites for hydroxylation is 1. The number of ether oxygens (including phenoxy) is 2. The first-order valence-corrected chi connectivity index (χ1v) is 12.7. The fourth-order valence-electron chi connectivity index (χ4n) is 5.23. The first-order chi connectivity index (χ1) is 18.8. The lowest BCUT2D eigenvalue weighted by Crippen LogP contribution is -2.37. The van der Waals surface area contributed by atoms with Crippen LogP contribution in [0.15, 0.2) is 102 Å². The number of methoxy groups -OCH3 is 2. The molecule has 0 bridgehead atoms. The Labute approximate surface area is 227 Å². The van der Waals surface area contributed by atoms with E-state index in [1.807, 2.05) is 36.1 Å². The maximum atomic E-state index is 14.5. The van der Waals surface area contributed by atoms with E-state index in [9.17, 15) is 9.50 Å². The first-order valence-electron chi connectivity index (χ1n) is 12.7. The zero-order valence-corrected chi connectivity index (χ0v) is 22.3. The van der Waals surface area contributed by atoms with Gasteiger partial charge in [0.15, 0.2) is 0 Å². The number of aliphatic hydroxyl groups excluding tert-OH is 1. The summed E-state index contributed by atoms with van der Waals surface area (Å²) in [6.45, 7) is 11.6. The van der Waals surface area contributed by atoms with E-state index in [0.29, 0.717) is 64.2 Å². The lowest BCUT2D eigenvalue weighted by atomic mass is 9.98. The van der Waals surface area contributed by atoms with Crippen molar-refractivity contribution in [2.45, 2.75) is 19.3 Å². The summed E-state index contributed by atoms with van der Waals surface area (Å²) in [6.07, 6.45) is 4.19. The topological polar surface area (TPSA) is 70.4 Å². The average Bonchev–Trinajstić information content (AvgIpc) is 3.43. The fourth-order valence-corrected chi connectivity index (χ4v) is 5.23. The minimum Gasteiger partial charge on any atom is -0.494 e. The molecule has 1 N–H and O–H groups in total. The molecule has 7 nitrogen and oxygen atoms in total. The van der Waals surface area contributed by atoms with Gasteiger partial charge in [0.1, 0.15) is 28.8 Å². The molecule has 0 spiro atoms. The Kier molecular flexibility index (Phi) is 7.11. The molecule has 1 aromatic heterocycles. The van der Waals surface area contributed by atoms with Crippen molar-refractivity contribution in [2.75, 3.05) is 32.2 Å². The van der Waals surface area contributed by atoms with Crippen LogP contribution in [0.5, 0.6) is 11.5 Å². The third-order valence-electron chi connectivity index (χ3n) is 7.14. The summed E-state index contributed by atoms with van der Waals surface area (Å²) in [6, 6.07) is 14.2. The van der Waals surface area contributed by atoms with Crippen LogP contribution in [-0.2, 0) is 0 Å². The van der Waals surface area contributed by atoms with Crippen molar-refractivity contribution in [3.63, 3.8) is 0 Å². The van der Waals surface area contributed by atoms with E-state index >= 15 is 0 Å². The number of pyridine rings is 1. The minimum absolute atomic E-state index is 0.00499. The summed E-state index contributed by atoms with van der Waals surface area (Å²) in [5.41, 5.74) is 4.07. The Morgan fingerprint density at radius 2 is 1.79 bits per heavy atom. The second-order valence-corrected chi connectivity index (χ2v) is 9.58. The molecule has 1 fully saturated rings. The van der Waals surface area contributed by atoms with Crippen LogP contribution in [0.2, 0.25) is 0 Å². The lowest BCUT2D eigenvalue weighted by Gasteiger charge is -2.34. The molecular weight excluding hydrogens is 495 g/mol. The van der Waals surface area contributed by atoms with Gasteiger partial charge in [0, 0.05) is 42.7 Å². The van der Waals surface area contributed by atoms with Gasteiger partial charge in [0.25, 0.3) is 0 Å². The van der Waals surface area contributed by atoms with Gasteiger partial charge < -0.3 is 19.5 Å². The molecule has 2 aliphatic rings.